The lowest BCUT2D eigenvalue weighted by molar-refractivity contribution is 0.0219. The molecular weight excluding hydrogens is 210 g/mol. The Morgan fingerprint density at radius 1 is 1.18 bits per heavy atom. The van der Waals surface area contributed by atoms with Gasteiger partial charge in [-0.1, -0.05) is 39.5 Å². The van der Waals surface area contributed by atoms with E-state index in [1.807, 2.05) is 0 Å². The summed E-state index contributed by atoms with van der Waals surface area (Å²) in [5, 5.41) is 0. The highest BCUT2D eigenvalue weighted by Crippen LogP contribution is 2.14. The first-order valence-electron chi connectivity index (χ1n) is 6.90. The maximum Gasteiger partial charge on any atom is 0.108 e. The van der Waals surface area contributed by atoms with Crippen LogP contribution in [0.5, 0.6) is 0 Å². The fourth-order valence-electron chi connectivity index (χ4n) is 2.18. The molecule has 98 valence electrons. The van der Waals surface area contributed by atoms with Crippen LogP contribution < -0.4 is 0 Å². The highest BCUT2D eigenvalue weighted by molar-refractivity contribution is 5.01. The predicted octanol–water partition coefficient (Wildman–Crippen LogP) is 2.78. The van der Waals surface area contributed by atoms with Crippen molar-refractivity contribution in [2.45, 2.75) is 46.6 Å². The molecule has 2 heteroatoms. The number of piperidine rings is 1. The molecule has 1 fully saturated rings. The Bertz CT molecular complexity index is 254. The first-order chi connectivity index (χ1) is 8.08. The molecule has 17 heavy (non-hydrogen) atoms. The zero-order chi connectivity index (χ0) is 12.7. The zero-order valence-corrected chi connectivity index (χ0v) is 11.8. The van der Waals surface area contributed by atoms with Crippen molar-refractivity contribution >= 4 is 0 Å². The molecule has 0 bridgehead atoms. The standard InChI is InChI=1S/C15H27NO/c1-13(2)6-5-11-17-15-7-9-16(10-8-15)12-14(3)4/h13-15H,7-12H2,1-4H3. The van der Waals surface area contributed by atoms with Gasteiger partial charge in [-0.05, 0) is 18.8 Å². The van der Waals surface area contributed by atoms with Crippen LogP contribution in [0.3, 0.4) is 0 Å². The first-order valence-corrected chi connectivity index (χ1v) is 6.90. The monoisotopic (exact) mass is 237 g/mol. The van der Waals surface area contributed by atoms with Crippen molar-refractivity contribution in [3.05, 3.63) is 0 Å². The van der Waals surface area contributed by atoms with E-state index in [9.17, 15) is 0 Å². The van der Waals surface area contributed by atoms with Crippen LogP contribution in [0.2, 0.25) is 0 Å². The van der Waals surface area contributed by atoms with Gasteiger partial charge in [0.25, 0.3) is 0 Å². The Morgan fingerprint density at radius 2 is 1.82 bits per heavy atom. The van der Waals surface area contributed by atoms with E-state index in [1.54, 1.807) is 0 Å². The van der Waals surface area contributed by atoms with Gasteiger partial charge in [-0.3, -0.25) is 0 Å². The zero-order valence-electron chi connectivity index (χ0n) is 11.8. The molecule has 1 aliphatic rings. The van der Waals surface area contributed by atoms with Crippen LogP contribution in [-0.4, -0.2) is 37.2 Å². The molecule has 0 N–H and O–H groups in total. The van der Waals surface area contributed by atoms with Crippen LogP contribution in [0.25, 0.3) is 0 Å². The van der Waals surface area contributed by atoms with Crippen molar-refractivity contribution in [1.29, 1.82) is 0 Å². The van der Waals surface area contributed by atoms with Crippen LogP contribution in [0.1, 0.15) is 40.5 Å². The van der Waals surface area contributed by atoms with Gasteiger partial charge in [0.1, 0.15) is 6.61 Å². The topological polar surface area (TPSA) is 12.5 Å². The summed E-state index contributed by atoms with van der Waals surface area (Å²) < 4.78 is 5.79. The second-order valence-electron chi connectivity index (χ2n) is 5.68. The lowest BCUT2D eigenvalue weighted by atomic mass is 10.1. The molecule has 0 aromatic carbocycles. The molecule has 0 amide bonds. The maximum absolute atomic E-state index is 5.79. The summed E-state index contributed by atoms with van der Waals surface area (Å²) in [6.45, 7) is 13.0. The molecule has 0 spiro atoms. The van der Waals surface area contributed by atoms with E-state index in [0.29, 0.717) is 18.6 Å². The molecule has 0 radical (unpaired) electrons. The van der Waals surface area contributed by atoms with E-state index in [0.717, 1.165) is 18.8 Å². The van der Waals surface area contributed by atoms with Gasteiger partial charge in [-0.2, -0.15) is 0 Å². The third-order valence-corrected chi connectivity index (χ3v) is 2.94. The lowest BCUT2D eigenvalue weighted by Gasteiger charge is -2.32. The molecule has 0 unspecified atom stereocenters. The lowest BCUT2D eigenvalue weighted by Crippen LogP contribution is -2.38. The predicted molar refractivity (Wildman–Crippen MR) is 72.9 cm³/mol. The second kappa shape index (κ2) is 7.74. The van der Waals surface area contributed by atoms with Gasteiger partial charge in [-0.25, -0.2) is 0 Å². The van der Waals surface area contributed by atoms with E-state index in [4.69, 9.17) is 4.74 Å². The van der Waals surface area contributed by atoms with Crippen molar-refractivity contribution in [3.8, 4) is 11.8 Å². The number of nitrogens with zero attached hydrogens (tertiary/aromatic N) is 1. The summed E-state index contributed by atoms with van der Waals surface area (Å²) in [7, 11) is 0. The fourth-order valence-corrected chi connectivity index (χ4v) is 2.18. The summed E-state index contributed by atoms with van der Waals surface area (Å²) in [6, 6.07) is 0. The van der Waals surface area contributed by atoms with Gasteiger partial charge in [0.05, 0.1) is 6.10 Å². The van der Waals surface area contributed by atoms with Crippen LogP contribution in [0.4, 0.5) is 0 Å². The first kappa shape index (κ1) is 14.5. The Kier molecular flexibility index (Phi) is 6.62. The van der Waals surface area contributed by atoms with E-state index in [2.05, 4.69) is 44.4 Å². The number of rotatable bonds is 4. The van der Waals surface area contributed by atoms with Crippen molar-refractivity contribution in [1.82, 2.24) is 4.90 Å². The Balaban J connectivity index is 2.13. The normalized spacial score (nSPS) is 18.5. The molecule has 2 nitrogen and oxygen atoms in total. The molecule has 1 heterocycles. The highest BCUT2D eigenvalue weighted by atomic mass is 16.5. The SMILES string of the molecule is CC(C)C#CCOC1CCN(CC(C)C)CC1. The van der Waals surface area contributed by atoms with Crippen LogP contribution in [0, 0.1) is 23.7 Å². The molecule has 0 atom stereocenters. The van der Waals surface area contributed by atoms with Gasteiger partial charge in [0.2, 0.25) is 0 Å². The van der Waals surface area contributed by atoms with Crippen molar-refractivity contribution < 1.29 is 4.74 Å². The van der Waals surface area contributed by atoms with Gasteiger partial charge >= 0.3 is 0 Å². The third-order valence-electron chi connectivity index (χ3n) is 2.94. The van der Waals surface area contributed by atoms with Gasteiger partial charge in [0, 0.05) is 25.6 Å². The van der Waals surface area contributed by atoms with Crippen molar-refractivity contribution in [2.24, 2.45) is 11.8 Å². The van der Waals surface area contributed by atoms with E-state index >= 15 is 0 Å². The van der Waals surface area contributed by atoms with E-state index in [-0.39, 0.29) is 0 Å². The maximum atomic E-state index is 5.79. The molecule has 1 aliphatic heterocycles. The quantitative estimate of drug-likeness (QED) is 0.697. The molecular formula is C15H27NO. The van der Waals surface area contributed by atoms with Gasteiger partial charge in [0.15, 0.2) is 0 Å². The number of likely N-dealkylation sites (tertiary alicyclic amines) is 1. The molecule has 0 aromatic rings. The average Bonchev–Trinajstić information content (AvgIpc) is 2.25. The van der Waals surface area contributed by atoms with Crippen molar-refractivity contribution in [3.63, 3.8) is 0 Å². The van der Waals surface area contributed by atoms with Crippen LogP contribution >= 0.6 is 0 Å². The van der Waals surface area contributed by atoms with Gasteiger partial charge in [-0.15, -0.1) is 0 Å². The molecule has 0 saturated carbocycles. The summed E-state index contributed by atoms with van der Waals surface area (Å²) in [5.74, 6) is 7.44. The largest absolute Gasteiger partial charge is 0.365 e. The smallest absolute Gasteiger partial charge is 0.108 e. The highest BCUT2D eigenvalue weighted by Gasteiger charge is 2.19. The average molecular weight is 237 g/mol. The minimum absolute atomic E-state index is 0.430. The van der Waals surface area contributed by atoms with E-state index in [1.165, 1.54) is 19.6 Å². The molecule has 0 aromatic heterocycles. The minimum Gasteiger partial charge on any atom is -0.365 e. The molecule has 1 saturated heterocycles. The number of ether oxygens (including phenoxy) is 1. The second-order valence-corrected chi connectivity index (χ2v) is 5.68. The van der Waals surface area contributed by atoms with Crippen LogP contribution in [0.15, 0.2) is 0 Å². The Morgan fingerprint density at radius 3 is 2.35 bits per heavy atom. The van der Waals surface area contributed by atoms with Crippen molar-refractivity contribution in [2.75, 3.05) is 26.2 Å². The molecule has 0 aliphatic carbocycles. The Labute approximate surface area is 107 Å². The van der Waals surface area contributed by atoms with E-state index < -0.39 is 0 Å². The Hall–Kier alpha value is -0.520. The summed E-state index contributed by atoms with van der Waals surface area (Å²) in [4.78, 5) is 2.55. The molecule has 1 rings (SSSR count). The summed E-state index contributed by atoms with van der Waals surface area (Å²) in [5.41, 5.74) is 0. The fraction of sp³-hybridized carbons (Fsp3) is 0.867. The minimum atomic E-state index is 0.430. The third kappa shape index (κ3) is 6.71. The number of hydrogen-bond acceptors (Lipinski definition) is 2. The van der Waals surface area contributed by atoms with Gasteiger partial charge < -0.3 is 9.64 Å². The summed E-state index contributed by atoms with van der Waals surface area (Å²) >= 11 is 0. The van der Waals surface area contributed by atoms with Crippen LogP contribution in [-0.2, 0) is 4.74 Å². The number of hydrogen-bond donors (Lipinski definition) is 0. The summed E-state index contributed by atoms with van der Waals surface area (Å²) in [6.07, 6.45) is 2.76.